The van der Waals surface area contributed by atoms with Crippen LogP contribution < -0.4 is 5.32 Å². The van der Waals surface area contributed by atoms with Crippen LogP contribution in [-0.4, -0.2) is 24.7 Å². The van der Waals surface area contributed by atoms with E-state index in [1.165, 1.54) is 11.1 Å². The minimum absolute atomic E-state index is 0.0866. The van der Waals surface area contributed by atoms with Gasteiger partial charge >= 0.3 is 0 Å². The van der Waals surface area contributed by atoms with Gasteiger partial charge in [0.25, 0.3) is 5.91 Å². The summed E-state index contributed by atoms with van der Waals surface area (Å²) in [5, 5.41) is 3.88. The molecule has 2 aromatic carbocycles. The first-order valence-electron chi connectivity index (χ1n) is 10.4. The monoisotopic (exact) mass is 423 g/mol. The number of amides is 1. The summed E-state index contributed by atoms with van der Waals surface area (Å²) in [7, 11) is 0. The van der Waals surface area contributed by atoms with Gasteiger partial charge in [-0.05, 0) is 49.1 Å². The number of nitrogens with one attached hydrogen (secondary N) is 1. The van der Waals surface area contributed by atoms with Gasteiger partial charge in [-0.2, -0.15) is 0 Å². The van der Waals surface area contributed by atoms with Crippen LogP contribution in [0.5, 0.6) is 0 Å². The van der Waals surface area contributed by atoms with Crippen molar-refractivity contribution < 1.29 is 14.3 Å². The van der Waals surface area contributed by atoms with Crippen LogP contribution in [0.3, 0.4) is 0 Å². The lowest BCUT2D eigenvalue weighted by Gasteiger charge is -2.31. The van der Waals surface area contributed by atoms with Crippen molar-refractivity contribution in [1.29, 1.82) is 0 Å². The summed E-state index contributed by atoms with van der Waals surface area (Å²) >= 11 is 6.04. The number of rotatable bonds is 6. The van der Waals surface area contributed by atoms with Crippen molar-refractivity contribution in [2.24, 2.45) is 0 Å². The molecule has 0 spiro atoms. The minimum atomic E-state index is -0.638. The van der Waals surface area contributed by atoms with E-state index in [1.54, 1.807) is 0 Å². The van der Waals surface area contributed by atoms with Gasteiger partial charge in [-0.15, -0.1) is 0 Å². The fourth-order valence-electron chi connectivity index (χ4n) is 3.94. The third kappa shape index (κ3) is 4.88. The molecule has 1 aliphatic heterocycles. The first-order chi connectivity index (χ1) is 14.6. The van der Waals surface area contributed by atoms with Gasteiger partial charge in [0.1, 0.15) is 12.4 Å². The average molecular weight is 424 g/mol. The van der Waals surface area contributed by atoms with Gasteiger partial charge in [-0.1, -0.05) is 60.1 Å². The van der Waals surface area contributed by atoms with Crippen LogP contribution in [0.4, 0.5) is 0 Å². The van der Waals surface area contributed by atoms with Crippen LogP contribution in [0.2, 0.25) is 5.02 Å². The molecule has 0 aromatic heterocycles. The molecular weight excluding hydrogens is 398 g/mol. The molecule has 2 aromatic rings. The van der Waals surface area contributed by atoms with Crippen LogP contribution in [0, 0.1) is 0 Å². The zero-order valence-corrected chi connectivity index (χ0v) is 17.8. The van der Waals surface area contributed by atoms with Gasteiger partial charge in [0.2, 0.25) is 6.10 Å². The smallest absolute Gasteiger partial charge is 0.264 e. The van der Waals surface area contributed by atoms with Crippen molar-refractivity contribution in [1.82, 2.24) is 5.32 Å². The van der Waals surface area contributed by atoms with E-state index in [2.05, 4.69) is 17.4 Å². The van der Waals surface area contributed by atoms with Crippen LogP contribution in [0.1, 0.15) is 36.8 Å². The van der Waals surface area contributed by atoms with E-state index in [0.717, 1.165) is 30.0 Å². The second-order valence-corrected chi connectivity index (χ2v) is 8.23. The van der Waals surface area contributed by atoms with Crippen molar-refractivity contribution in [3.8, 4) is 0 Å². The number of carbonyl (C=O) groups is 1. The Morgan fingerprint density at radius 2 is 1.93 bits per heavy atom. The van der Waals surface area contributed by atoms with Crippen LogP contribution >= 0.6 is 11.6 Å². The van der Waals surface area contributed by atoms with Crippen molar-refractivity contribution in [2.75, 3.05) is 6.61 Å². The number of hydrogen-bond acceptors (Lipinski definition) is 3. The summed E-state index contributed by atoms with van der Waals surface area (Å²) < 4.78 is 11.7. The molecule has 0 saturated carbocycles. The second-order valence-electron chi connectivity index (χ2n) is 7.79. The van der Waals surface area contributed by atoms with Crippen molar-refractivity contribution in [3.05, 3.63) is 94.4 Å². The van der Waals surface area contributed by atoms with Gasteiger partial charge < -0.3 is 14.8 Å². The van der Waals surface area contributed by atoms with Crippen LogP contribution in [0.15, 0.2) is 78.3 Å². The maximum atomic E-state index is 12.9. The number of benzene rings is 2. The molecule has 156 valence electrons. The van der Waals surface area contributed by atoms with Crippen molar-refractivity contribution in [2.45, 2.75) is 44.2 Å². The Bertz CT molecular complexity index is 937. The molecule has 1 N–H and O–H groups in total. The lowest BCUT2D eigenvalue weighted by atomic mass is 9.86. The van der Waals surface area contributed by atoms with E-state index >= 15 is 0 Å². The second kappa shape index (κ2) is 9.40. The SMILES string of the molecule is CC(NC(=O)C1COC2=C(C=CCC2)O1)C(Cc1ccc(Cl)cc1)c1ccccc1. The number of carbonyl (C=O) groups excluding carboxylic acids is 1. The number of halogens is 1. The largest absolute Gasteiger partial charge is 0.490 e. The number of ether oxygens (including phenoxy) is 2. The van der Waals surface area contributed by atoms with Crippen LogP contribution in [-0.2, 0) is 20.7 Å². The topological polar surface area (TPSA) is 47.6 Å². The molecule has 4 rings (SSSR count). The first-order valence-corrected chi connectivity index (χ1v) is 10.8. The molecule has 5 heteroatoms. The quantitative estimate of drug-likeness (QED) is 0.699. The molecule has 4 nitrogen and oxygen atoms in total. The van der Waals surface area contributed by atoms with Gasteiger partial charge in [-0.3, -0.25) is 4.79 Å². The third-order valence-corrected chi connectivity index (χ3v) is 5.87. The van der Waals surface area contributed by atoms with Gasteiger partial charge in [0.15, 0.2) is 5.76 Å². The Balaban J connectivity index is 1.46. The number of allylic oxidation sites excluding steroid dienone is 3. The Labute approximate surface area is 182 Å². The predicted molar refractivity (Wildman–Crippen MR) is 118 cm³/mol. The van der Waals surface area contributed by atoms with E-state index in [0.29, 0.717) is 5.76 Å². The summed E-state index contributed by atoms with van der Waals surface area (Å²) in [5.41, 5.74) is 2.36. The molecule has 0 radical (unpaired) electrons. The lowest BCUT2D eigenvalue weighted by Crippen LogP contribution is -2.46. The average Bonchev–Trinajstić information content (AvgIpc) is 2.78. The molecule has 30 heavy (non-hydrogen) atoms. The predicted octanol–water partition coefficient (Wildman–Crippen LogP) is 5.15. The van der Waals surface area contributed by atoms with E-state index in [4.69, 9.17) is 21.1 Å². The maximum Gasteiger partial charge on any atom is 0.264 e. The highest BCUT2D eigenvalue weighted by atomic mass is 35.5. The summed E-state index contributed by atoms with van der Waals surface area (Å²) in [6, 6.07) is 18.1. The fraction of sp³-hybridized carbons (Fsp3) is 0.320. The Hall–Kier alpha value is -2.72. The summed E-state index contributed by atoms with van der Waals surface area (Å²) in [6.45, 7) is 2.29. The highest BCUT2D eigenvalue weighted by Crippen LogP contribution is 2.28. The summed E-state index contributed by atoms with van der Waals surface area (Å²) in [4.78, 5) is 12.9. The molecule has 3 atom stereocenters. The van der Waals surface area contributed by atoms with E-state index < -0.39 is 6.10 Å². The first kappa shape index (κ1) is 20.5. The fourth-order valence-corrected chi connectivity index (χ4v) is 4.06. The summed E-state index contributed by atoms with van der Waals surface area (Å²) in [5.74, 6) is 1.50. The van der Waals surface area contributed by atoms with Crippen molar-refractivity contribution in [3.63, 3.8) is 0 Å². The van der Waals surface area contributed by atoms with Gasteiger partial charge in [0.05, 0.1) is 0 Å². The normalized spacial score (nSPS) is 19.9. The van der Waals surface area contributed by atoms with E-state index in [-0.39, 0.29) is 24.5 Å². The van der Waals surface area contributed by atoms with Gasteiger partial charge in [-0.25, -0.2) is 0 Å². The van der Waals surface area contributed by atoms with E-state index in [1.807, 2.05) is 61.5 Å². The number of hydrogen-bond donors (Lipinski definition) is 1. The van der Waals surface area contributed by atoms with E-state index in [9.17, 15) is 4.79 Å². The molecule has 0 saturated heterocycles. The zero-order chi connectivity index (χ0) is 20.9. The Morgan fingerprint density at radius 1 is 1.17 bits per heavy atom. The Kier molecular flexibility index (Phi) is 6.44. The molecule has 2 aliphatic rings. The highest BCUT2D eigenvalue weighted by Gasteiger charge is 2.31. The zero-order valence-electron chi connectivity index (χ0n) is 17.0. The molecule has 0 bridgehead atoms. The molecule has 1 heterocycles. The Morgan fingerprint density at radius 3 is 2.70 bits per heavy atom. The maximum absolute atomic E-state index is 12.9. The molecular formula is C25H26ClNO3. The highest BCUT2D eigenvalue weighted by molar-refractivity contribution is 6.30. The standard InChI is InChI=1S/C25H26ClNO3/c1-17(27-25(28)24-16-29-22-9-5-6-10-23(22)30-24)21(19-7-3-2-4-8-19)15-18-11-13-20(26)14-12-18/h2-4,6-8,10-14,17,21,24H,5,9,15-16H2,1H3,(H,27,28). The molecule has 0 fully saturated rings. The molecule has 1 aliphatic carbocycles. The van der Waals surface area contributed by atoms with Crippen molar-refractivity contribution >= 4 is 17.5 Å². The summed E-state index contributed by atoms with van der Waals surface area (Å²) in [6.07, 6.45) is 5.87. The minimum Gasteiger partial charge on any atom is -0.490 e. The molecule has 1 amide bonds. The van der Waals surface area contributed by atoms with Gasteiger partial charge in [0, 0.05) is 23.4 Å². The van der Waals surface area contributed by atoms with Crippen LogP contribution in [0.25, 0.3) is 0 Å². The lowest BCUT2D eigenvalue weighted by molar-refractivity contribution is -0.136. The third-order valence-electron chi connectivity index (χ3n) is 5.62. The molecule has 3 unspecified atom stereocenters.